The molecule has 0 spiro atoms. The van der Waals surface area contributed by atoms with Crippen molar-refractivity contribution in [3.05, 3.63) is 75.7 Å². The molecule has 170 valence electrons. The zero-order valence-corrected chi connectivity index (χ0v) is 19.7. The molecule has 1 aliphatic carbocycles. The Balaban J connectivity index is 1.54. The number of fused-ring (bicyclic) bond motifs is 3. The number of amides is 1. The molecule has 2 aromatic carbocycles. The van der Waals surface area contributed by atoms with Gasteiger partial charge in [0, 0.05) is 16.0 Å². The number of para-hydroxylation sites is 2. The molecule has 1 amide bonds. The van der Waals surface area contributed by atoms with Crippen molar-refractivity contribution in [3.8, 4) is 11.5 Å². The molecule has 33 heavy (non-hydrogen) atoms. The number of rotatable bonds is 5. The minimum Gasteiger partial charge on any atom is -0.462 e. The first-order valence-electron chi connectivity index (χ1n) is 11.6. The van der Waals surface area contributed by atoms with Crippen molar-refractivity contribution >= 4 is 28.2 Å². The Bertz CT molecular complexity index is 1170. The predicted molar refractivity (Wildman–Crippen MR) is 130 cm³/mol. The van der Waals surface area contributed by atoms with Crippen molar-refractivity contribution in [2.24, 2.45) is 5.92 Å². The summed E-state index contributed by atoms with van der Waals surface area (Å²) in [7, 11) is 0. The molecule has 0 saturated heterocycles. The lowest BCUT2D eigenvalue weighted by Crippen LogP contribution is -2.25. The van der Waals surface area contributed by atoms with Gasteiger partial charge in [-0.25, -0.2) is 4.79 Å². The number of carbonyl (C=O) groups excluding carboxylic acids is 2. The molecule has 0 bridgehead atoms. The Hall–Kier alpha value is -3.12. The maximum Gasteiger partial charge on any atom is 0.341 e. The van der Waals surface area contributed by atoms with Gasteiger partial charge in [-0.2, -0.15) is 0 Å². The Morgan fingerprint density at radius 3 is 2.36 bits per heavy atom. The smallest absolute Gasteiger partial charge is 0.341 e. The molecule has 6 heteroatoms. The van der Waals surface area contributed by atoms with Gasteiger partial charge in [-0.1, -0.05) is 49.7 Å². The van der Waals surface area contributed by atoms with Gasteiger partial charge in [0.25, 0.3) is 0 Å². The molecule has 0 fully saturated rings. The maximum atomic E-state index is 13.7. The summed E-state index contributed by atoms with van der Waals surface area (Å²) in [6.07, 6.45) is 3.96. The number of hydrogen-bond donors (Lipinski definition) is 1. The predicted octanol–water partition coefficient (Wildman–Crippen LogP) is 6.32. The molecular formula is C27H27NO4S. The third-order valence-electron chi connectivity index (χ3n) is 6.60. The topological polar surface area (TPSA) is 64.6 Å². The molecule has 5 nitrogen and oxygen atoms in total. The van der Waals surface area contributed by atoms with E-state index in [1.54, 1.807) is 6.92 Å². The van der Waals surface area contributed by atoms with E-state index in [4.69, 9.17) is 9.47 Å². The van der Waals surface area contributed by atoms with E-state index < -0.39 is 5.92 Å². The van der Waals surface area contributed by atoms with Gasteiger partial charge in [-0.3, -0.25) is 4.79 Å². The fourth-order valence-electron chi connectivity index (χ4n) is 4.89. The zero-order valence-electron chi connectivity index (χ0n) is 18.9. The lowest BCUT2D eigenvalue weighted by Gasteiger charge is -2.27. The molecule has 1 N–H and O–H groups in total. The standard InChI is InChI=1S/C27H27NO4S/c1-3-16-13-14-19-22(15-16)33-26(24(19)27(30)31-4-2)28-25(29)23-17-9-5-7-11-20(17)32-21-12-8-6-10-18(21)23/h5-12,16,23H,3-4,13-15H2,1-2H3,(H,28,29)/t16-/m1/s1. The van der Waals surface area contributed by atoms with Crippen molar-refractivity contribution in [2.45, 2.75) is 45.4 Å². The van der Waals surface area contributed by atoms with Crippen LogP contribution < -0.4 is 10.1 Å². The third-order valence-corrected chi connectivity index (χ3v) is 7.77. The minimum atomic E-state index is -0.524. The summed E-state index contributed by atoms with van der Waals surface area (Å²) in [5.41, 5.74) is 3.22. The van der Waals surface area contributed by atoms with Crippen LogP contribution >= 0.6 is 11.3 Å². The van der Waals surface area contributed by atoms with E-state index in [9.17, 15) is 9.59 Å². The van der Waals surface area contributed by atoms with Gasteiger partial charge in [0.2, 0.25) is 5.91 Å². The first-order chi connectivity index (χ1) is 16.1. The lowest BCUT2D eigenvalue weighted by molar-refractivity contribution is -0.116. The van der Waals surface area contributed by atoms with Crippen LogP contribution in [0.25, 0.3) is 0 Å². The van der Waals surface area contributed by atoms with Gasteiger partial charge in [0.1, 0.15) is 16.5 Å². The highest BCUT2D eigenvalue weighted by Crippen LogP contribution is 2.46. The number of ether oxygens (including phenoxy) is 2. The van der Waals surface area contributed by atoms with Gasteiger partial charge >= 0.3 is 5.97 Å². The summed E-state index contributed by atoms with van der Waals surface area (Å²) < 4.78 is 11.4. The molecule has 2 aliphatic rings. The van der Waals surface area contributed by atoms with Gasteiger partial charge in [0.05, 0.1) is 18.1 Å². The fraction of sp³-hybridized carbons (Fsp3) is 0.333. The third kappa shape index (κ3) is 3.93. The number of carbonyl (C=O) groups is 2. The van der Waals surface area contributed by atoms with E-state index in [1.165, 1.54) is 16.2 Å². The van der Waals surface area contributed by atoms with Crippen molar-refractivity contribution in [2.75, 3.05) is 11.9 Å². The minimum absolute atomic E-state index is 0.172. The molecule has 0 unspecified atom stereocenters. The van der Waals surface area contributed by atoms with Crippen LogP contribution in [0, 0.1) is 5.92 Å². The van der Waals surface area contributed by atoms with Crippen LogP contribution in [0.3, 0.4) is 0 Å². The van der Waals surface area contributed by atoms with Crippen LogP contribution in [0.1, 0.15) is 64.5 Å². The number of thiophene rings is 1. The van der Waals surface area contributed by atoms with E-state index in [2.05, 4.69) is 12.2 Å². The summed E-state index contributed by atoms with van der Waals surface area (Å²) in [6, 6.07) is 15.2. The summed E-state index contributed by atoms with van der Waals surface area (Å²) >= 11 is 1.53. The van der Waals surface area contributed by atoms with Gasteiger partial charge in [-0.05, 0) is 49.8 Å². The van der Waals surface area contributed by atoms with E-state index in [0.717, 1.165) is 42.4 Å². The second-order valence-electron chi connectivity index (χ2n) is 8.55. The highest BCUT2D eigenvalue weighted by atomic mass is 32.1. The molecule has 1 aliphatic heterocycles. The van der Waals surface area contributed by atoms with E-state index in [-0.39, 0.29) is 11.9 Å². The van der Waals surface area contributed by atoms with Crippen molar-refractivity contribution in [1.29, 1.82) is 0 Å². The number of anilines is 1. The summed E-state index contributed by atoms with van der Waals surface area (Å²) in [4.78, 5) is 27.9. The normalized spacial score (nSPS) is 16.7. The SMILES string of the molecule is CCOC(=O)c1c(NC(=O)C2c3ccccc3Oc3ccccc32)sc2c1CC[C@@H](CC)C2. The molecular weight excluding hydrogens is 434 g/mol. The summed E-state index contributed by atoms with van der Waals surface area (Å²) in [5, 5.41) is 3.71. The Labute approximate surface area is 197 Å². The molecule has 1 aromatic heterocycles. The Morgan fingerprint density at radius 1 is 1.06 bits per heavy atom. The van der Waals surface area contributed by atoms with Crippen LogP contribution in [-0.4, -0.2) is 18.5 Å². The maximum absolute atomic E-state index is 13.7. The first kappa shape index (κ1) is 21.7. The highest BCUT2D eigenvalue weighted by Gasteiger charge is 2.35. The van der Waals surface area contributed by atoms with Gasteiger partial charge < -0.3 is 14.8 Å². The number of nitrogens with one attached hydrogen (secondary N) is 1. The van der Waals surface area contributed by atoms with Crippen LogP contribution in [0.5, 0.6) is 11.5 Å². The lowest BCUT2D eigenvalue weighted by atomic mass is 9.85. The van der Waals surface area contributed by atoms with Crippen LogP contribution in [-0.2, 0) is 22.4 Å². The van der Waals surface area contributed by atoms with E-state index >= 15 is 0 Å². The van der Waals surface area contributed by atoms with Gasteiger partial charge in [-0.15, -0.1) is 11.3 Å². The fourth-order valence-corrected chi connectivity index (χ4v) is 6.24. The molecule has 5 rings (SSSR count). The quantitative estimate of drug-likeness (QED) is 0.452. The van der Waals surface area contributed by atoms with Crippen molar-refractivity contribution < 1.29 is 19.1 Å². The average Bonchev–Trinajstić information content (AvgIpc) is 3.19. The van der Waals surface area contributed by atoms with E-state index in [1.807, 2.05) is 48.5 Å². The van der Waals surface area contributed by atoms with Crippen molar-refractivity contribution in [1.82, 2.24) is 0 Å². The Kier molecular flexibility index (Phi) is 5.94. The zero-order chi connectivity index (χ0) is 22.9. The summed E-state index contributed by atoms with van der Waals surface area (Å²) in [5.74, 6) is 0.923. The van der Waals surface area contributed by atoms with Crippen LogP contribution in [0.2, 0.25) is 0 Å². The second kappa shape index (κ2) is 9.02. The second-order valence-corrected chi connectivity index (χ2v) is 9.65. The van der Waals surface area contributed by atoms with Crippen LogP contribution in [0.15, 0.2) is 48.5 Å². The number of hydrogen-bond acceptors (Lipinski definition) is 5. The Morgan fingerprint density at radius 2 is 1.73 bits per heavy atom. The largest absolute Gasteiger partial charge is 0.462 e. The highest BCUT2D eigenvalue weighted by molar-refractivity contribution is 7.17. The molecule has 1 atom stereocenters. The number of benzene rings is 2. The number of esters is 1. The average molecular weight is 462 g/mol. The molecule has 3 aromatic rings. The van der Waals surface area contributed by atoms with Crippen LogP contribution in [0.4, 0.5) is 5.00 Å². The monoisotopic (exact) mass is 461 g/mol. The van der Waals surface area contributed by atoms with Crippen molar-refractivity contribution in [3.63, 3.8) is 0 Å². The summed E-state index contributed by atoms with van der Waals surface area (Å²) in [6.45, 7) is 4.31. The van der Waals surface area contributed by atoms with Gasteiger partial charge in [0.15, 0.2) is 0 Å². The molecule has 0 radical (unpaired) electrons. The molecule has 2 heterocycles. The molecule has 0 saturated carbocycles. The van der Waals surface area contributed by atoms with E-state index in [0.29, 0.717) is 34.6 Å². The first-order valence-corrected chi connectivity index (χ1v) is 12.4.